The highest BCUT2D eigenvalue weighted by molar-refractivity contribution is 5.67. The Morgan fingerprint density at radius 2 is 1.25 bits per heavy atom. The van der Waals surface area contributed by atoms with Gasteiger partial charge in [-0.15, -0.1) is 0 Å². The van der Waals surface area contributed by atoms with E-state index in [1.54, 1.807) is 0 Å². The normalized spacial score (nSPS) is 10.3. The number of rotatable bonds is 4. The van der Waals surface area contributed by atoms with E-state index in [1.807, 2.05) is 6.92 Å². The number of hydrogen-bond donors (Lipinski definition) is 0. The largest absolute Gasteiger partial charge is 0.493 e. The van der Waals surface area contributed by atoms with Gasteiger partial charge in [0.2, 0.25) is 0 Å². The van der Waals surface area contributed by atoms with Gasteiger partial charge in [0, 0.05) is 17.7 Å². The minimum absolute atomic E-state index is 0.0593. The van der Waals surface area contributed by atoms with E-state index >= 15 is 0 Å². The maximum absolute atomic E-state index is 14.5. The molecule has 32 heavy (non-hydrogen) atoms. The van der Waals surface area contributed by atoms with E-state index < -0.39 is 57.2 Å². The van der Waals surface area contributed by atoms with Crippen LogP contribution in [0.1, 0.15) is 30.0 Å². The number of nitrogens with zero attached hydrogens (tertiary/aromatic N) is 1. The van der Waals surface area contributed by atoms with Crippen LogP contribution in [-0.2, 0) is 0 Å². The van der Waals surface area contributed by atoms with Crippen molar-refractivity contribution in [2.75, 3.05) is 6.61 Å². The van der Waals surface area contributed by atoms with Crippen LogP contribution >= 0.6 is 0 Å². The van der Waals surface area contributed by atoms with Gasteiger partial charge in [0.05, 0.1) is 17.7 Å². The number of benzene rings is 3. The molecule has 3 aromatic carbocycles. The third-order valence-corrected chi connectivity index (χ3v) is 4.31. The summed E-state index contributed by atoms with van der Waals surface area (Å²) >= 11 is 0. The molecule has 8 heteroatoms. The molecule has 3 rings (SSSR count). The van der Waals surface area contributed by atoms with Crippen LogP contribution in [0, 0.1) is 58.1 Å². The van der Waals surface area contributed by atoms with E-state index in [4.69, 9.17) is 10.00 Å². The van der Waals surface area contributed by atoms with Crippen molar-refractivity contribution in [3.63, 3.8) is 0 Å². The lowest BCUT2D eigenvalue weighted by atomic mass is 10.0. The Labute approximate surface area is 179 Å². The molecule has 0 unspecified atom stereocenters. The smallest absolute Gasteiger partial charge is 0.145 e. The van der Waals surface area contributed by atoms with Crippen LogP contribution in [0.25, 0.3) is 11.1 Å². The van der Waals surface area contributed by atoms with Gasteiger partial charge in [-0.1, -0.05) is 18.8 Å². The molecule has 0 heterocycles. The van der Waals surface area contributed by atoms with Crippen molar-refractivity contribution in [2.45, 2.75) is 13.3 Å². The molecule has 0 saturated heterocycles. The van der Waals surface area contributed by atoms with Gasteiger partial charge in [-0.3, -0.25) is 0 Å². The quantitative estimate of drug-likeness (QED) is 0.351. The van der Waals surface area contributed by atoms with Gasteiger partial charge in [-0.05, 0) is 36.2 Å². The van der Waals surface area contributed by atoms with Gasteiger partial charge >= 0.3 is 0 Å². The van der Waals surface area contributed by atoms with Gasteiger partial charge < -0.3 is 4.74 Å². The lowest BCUT2D eigenvalue weighted by Crippen LogP contribution is -2.00. The molecule has 0 atom stereocenters. The fourth-order valence-electron chi connectivity index (χ4n) is 2.85. The van der Waals surface area contributed by atoms with Crippen LogP contribution in [0.15, 0.2) is 36.4 Å². The van der Waals surface area contributed by atoms with Crippen LogP contribution in [0.5, 0.6) is 5.75 Å². The topological polar surface area (TPSA) is 33.0 Å². The summed E-state index contributed by atoms with van der Waals surface area (Å²) in [7, 11) is 0. The molecule has 0 aliphatic rings. The SMILES string of the molecule is CCCOc1cc(F)c(-c2cc(F)c(C#Cc3cc(F)c(C#N)c(F)c3)c(F)c2)c(F)c1. The molecular formula is C24H13F6NO. The second kappa shape index (κ2) is 9.49. The van der Waals surface area contributed by atoms with E-state index in [9.17, 15) is 26.3 Å². The number of halogens is 6. The van der Waals surface area contributed by atoms with Crippen molar-refractivity contribution in [3.05, 3.63) is 88.0 Å². The fourth-order valence-corrected chi connectivity index (χ4v) is 2.85. The molecule has 0 spiro atoms. The van der Waals surface area contributed by atoms with Gasteiger partial charge in [0.15, 0.2) is 0 Å². The number of hydrogen-bond acceptors (Lipinski definition) is 2. The molecule has 0 aromatic heterocycles. The fraction of sp³-hybridized carbons (Fsp3) is 0.125. The second-order valence-corrected chi connectivity index (χ2v) is 6.60. The van der Waals surface area contributed by atoms with Gasteiger partial charge in [-0.25, -0.2) is 26.3 Å². The number of nitriles is 1. The molecule has 3 aromatic rings. The van der Waals surface area contributed by atoms with Crippen molar-refractivity contribution < 1.29 is 31.1 Å². The zero-order valence-electron chi connectivity index (χ0n) is 16.5. The highest BCUT2D eigenvalue weighted by atomic mass is 19.2. The van der Waals surface area contributed by atoms with E-state index in [1.165, 1.54) is 6.07 Å². The maximum Gasteiger partial charge on any atom is 0.145 e. The summed E-state index contributed by atoms with van der Waals surface area (Å²) in [5, 5.41) is 8.66. The lowest BCUT2D eigenvalue weighted by Gasteiger charge is -2.10. The third kappa shape index (κ3) is 4.70. The molecule has 0 aliphatic carbocycles. The van der Waals surface area contributed by atoms with Gasteiger partial charge in [0.1, 0.15) is 52.3 Å². The minimum atomic E-state index is -1.23. The predicted molar refractivity (Wildman–Crippen MR) is 105 cm³/mol. The third-order valence-electron chi connectivity index (χ3n) is 4.31. The Morgan fingerprint density at radius 3 is 1.75 bits per heavy atom. The molecule has 162 valence electrons. The summed E-state index contributed by atoms with van der Waals surface area (Å²) in [6, 6.07) is 6.03. The summed E-state index contributed by atoms with van der Waals surface area (Å²) in [5.41, 5.74) is -2.89. The van der Waals surface area contributed by atoms with Gasteiger partial charge in [0.25, 0.3) is 0 Å². The molecular weight excluding hydrogens is 432 g/mol. The minimum Gasteiger partial charge on any atom is -0.493 e. The standard InChI is InChI=1S/C24H13F6NO/c1-2-5-32-15-10-22(29)24(23(30)11-15)14-8-20(27)16(21(28)9-14)4-3-13-6-18(25)17(12-31)19(26)7-13/h6-11H,2,5H2,1H3. The predicted octanol–water partition coefficient (Wildman–Crippen LogP) is 6.25. The molecule has 0 N–H and O–H groups in total. The summed E-state index contributed by atoms with van der Waals surface area (Å²) in [6.07, 6.45) is 0.617. The van der Waals surface area contributed by atoms with E-state index in [-0.39, 0.29) is 17.9 Å². The zero-order valence-corrected chi connectivity index (χ0v) is 16.5. The highest BCUT2D eigenvalue weighted by Gasteiger charge is 2.18. The average Bonchev–Trinajstić information content (AvgIpc) is 2.71. The van der Waals surface area contributed by atoms with Crippen LogP contribution in [0.2, 0.25) is 0 Å². The zero-order chi connectivity index (χ0) is 23.4. The Morgan fingerprint density at radius 1 is 0.719 bits per heavy atom. The van der Waals surface area contributed by atoms with Crippen LogP contribution in [0.4, 0.5) is 26.3 Å². The molecule has 2 nitrogen and oxygen atoms in total. The molecule has 0 saturated carbocycles. The second-order valence-electron chi connectivity index (χ2n) is 6.60. The number of ether oxygens (including phenoxy) is 1. The van der Waals surface area contributed by atoms with E-state index in [2.05, 4.69) is 11.8 Å². The van der Waals surface area contributed by atoms with Crippen molar-refractivity contribution in [1.29, 1.82) is 5.26 Å². The Hall–Kier alpha value is -3.91. The monoisotopic (exact) mass is 445 g/mol. The molecule has 0 amide bonds. The van der Waals surface area contributed by atoms with Crippen molar-refractivity contribution in [3.8, 4) is 34.8 Å². The lowest BCUT2D eigenvalue weighted by molar-refractivity contribution is 0.314. The van der Waals surface area contributed by atoms with Gasteiger partial charge in [-0.2, -0.15) is 5.26 Å². The van der Waals surface area contributed by atoms with E-state index in [0.29, 0.717) is 18.6 Å². The Bertz CT molecular complexity index is 1230. The summed E-state index contributed by atoms with van der Waals surface area (Å²) in [6.45, 7) is 2.05. The first kappa shape index (κ1) is 22.8. The van der Waals surface area contributed by atoms with Crippen LogP contribution in [0.3, 0.4) is 0 Å². The highest BCUT2D eigenvalue weighted by Crippen LogP contribution is 2.32. The summed E-state index contributed by atoms with van der Waals surface area (Å²) in [5.74, 6) is -2.71. The average molecular weight is 445 g/mol. The van der Waals surface area contributed by atoms with Crippen LogP contribution < -0.4 is 4.74 Å². The first-order valence-electron chi connectivity index (χ1n) is 9.27. The first-order chi connectivity index (χ1) is 15.2. The van der Waals surface area contributed by atoms with Crippen molar-refractivity contribution in [1.82, 2.24) is 0 Å². The Kier molecular flexibility index (Phi) is 6.75. The first-order valence-corrected chi connectivity index (χ1v) is 9.27. The molecule has 0 fully saturated rings. The molecule has 0 bridgehead atoms. The van der Waals surface area contributed by atoms with E-state index in [0.717, 1.165) is 24.3 Å². The van der Waals surface area contributed by atoms with Crippen molar-refractivity contribution >= 4 is 0 Å². The molecule has 0 aliphatic heterocycles. The summed E-state index contributed by atoms with van der Waals surface area (Å²) in [4.78, 5) is 0. The molecule has 0 radical (unpaired) electrons. The Balaban J connectivity index is 1.99. The van der Waals surface area contributed by atoms with Crippen LogP contribution in [-0.4, -0.2) is 6.61 Å². The summed E-state index contributed by atoms with van der Waals surface area (Å²) < 4.78 is 90.2. The maximum atomic E-state index is 14.5. The van der Waals surface area contributed by atoms with Crippen molar-refractivity contribution in [2.24, 2.45) is 0 Å².